The van der Waals surface area contributed by atoms with E-state index in [1.807, 2.05) is 41.5 Å². The van der Waals surface area contributed by atoms with Crippen molar-refractivity contribution >= 4 is 5.91 Å². The van der Waals surface area contributed by atoms with Crippen molar-refractivity contribution < 1.29 is 4.79 Å². The van der Waals surface area contributed by atoms with Crippen LogP contribution >= 0.6 is 0 Å². The third-order valence-corrected chi connectivity index (χ3v) is 9.72. The van der Waals surface area contributed by atoms with Gasteiger partial charge in [-0.3, -0.25) is 24.4 Å². The molecule has 0 radical (unpaired) electrons. The van der Waals surface area contributed by atoms with Gasteiger partial charge in [0.15, 0.2) is 0 Å². The highest BCUT2D eigenvalue weighted by Gasteiger charge is 2.38. The number of fused-ring (bicyclic) bond motifs is 4. The Bertz CT molecular complexity index is 683. The second-order valence-electron chi connectivity index (χ2n) is 12.9. The van der Waals surface area contributed by atoms with Crippen molar-refractivity contribution in [2.24, 2.45) is 5.92 Å². The molecule has 1 amide bonds. The van der Waals surface area contributed by atoms with Crippen LogP contribution in [0.25, 0.3) is 0 Å². The molecule has 0 spiro atoms. The minimum absolute atomic E-state index is 0.369. The van der Waals surface area contributed by atoms with E-state index in [9.17, 15) is 4.79 Å². The fourth-order valence-corrected chi connectivity index (χ4v) is 7.44. The molecule has 0 aromatic heterocycles. The number of piperazine rings is 2. The lowest BCUT2D eigenvalue weighted by Gasteiger charge is -2.39. The highest BCUT2D eigenvalue weighted by molar-refractivity contribution is 5.78. The first-order valence-corrected chi connectivity index (χ1v) is 18.0. The number of hydrogen-bond donors (Lipinski definition) is 0. The van der Waals surface area contributed by atoms with Crippen LogP contribution in [0.5, 0.6) is 0 Å². The normalized spacial score (nSPS) is 29.2. The predicted molar refractivity (Wildman–Crippen MR) is 180 cm³/mol. The van der Waals surface area contributed by atoms with Crippen molar-refractivity contribution in [3.63, 3.8) is 0 Å². The minimum Gasteiger partial charge on any atom is -0.337 e. The summed E-state index contributed by atoms with van der Waals surface area (Å²) in [6.45, 7) is 35.5. The van der Waals surface area contributed by atoms with Crippen molar-refractivity contribution in [2.45, 2.75) is 164 Å². The van der Waals surface area contributed by atoms with Crippen molar-refractivity contribution in [3.05, 3.63) is 0 Å². The van der Waals surface area contributed by atoms with Gasteiger partial charge in [0.2, 0.25) is 5.91 Å². The van der Waals surface area contributed by atoms with E-state index in [1.165, 1.54) is 64.8 Å². The molecular weight excluding hydrogens is 506 g/mol. The van der Waals surface area contributed by atoms with Gasteiger partial charge in [-0.2, -0.15) is 0 Å². The maximum absolute atomic E-state index is 11.4. The Morgan fingerprint density at radius 2 is 1.17 bits per heavy atom. The SMILES string of the molecule is CC.CC.CC.CC(C)N1CC2CCC1C2.CC(C)N1CCN2C(=O)CCC2C1.CC(C)N1CCN2CCCC2C1. The molecule has 4 unspecified atom stereocenters. The Morgan fingerprint density at radius 1 is 0.585 bits per heavy atom. The third-order valence-electron chi connectivity index (χ3n) is 9.72. The Kier molecular flexibility index (Phi) is 19.0. The number of carbonyl (C=O) groups excluding carboxylic acids is 1. The number of piperidine rings is 1. The first-order chi connectivity index (χ1) is 19.7. The largest absolute Gasteiger partial charge is 0.337 e. The standard InChI is InChI=1S/C10H18N2O.C10H20N2.C9H17N.3C2H6/c1-8(2)11-5-6-12-9(7-11)3-4-10(12)13;1-9(2)12-7-6-11-5-3-4-10(11)8-12;1-7(2)10-6-8-3-4-9(10)5-8;3*1-2/h8-9H,3-7H2,1-2H3;9-10H,3-8H2,1-2H3;7-9H,3-6H2,1-2H3;3*1-2H3. The second-order valence-corrected chi connectivity index (χ2v) is 12.9. The number of hydrogen-bond acceptors (Lipinski definition) is 5. The van der Waals surface area contributed by atoms with Crippen LogP contribution in [-0.2, 0) is 4.79 Å². The molecule has 6 aliphatic rings. The first-order valence-electron chi connectivity index (χ1n) is 18.0. The Morgan fingerprint density at radius 3 is 1.66 bits per heavy atom. The van der Waals surface area contributed by atoms with Crippen molar-refractivity contribution in [1.82, 2.24) is 24.5 Å². The van der Waals surface area contributed by atoms with Crippen LogP contribution in [0.2, 0.25) is 0 Å². The maximum Gasteiger partial charge on any atom is 0.222 e. The smallest absolute Gasteiger partial charge is 0.222 e. The van der Waals surface area contributed by atoms with Gasteiger partial charge in [0.05, 0.1) is 0 Å². The van der Waals surface area contributed by atoms with Crippen LogP contribution < -0.4 is 0 Å². The lowest BCUT2D eigenvalue weighted by atomic mass is 10.1. The summed E-state index contributed by atoms with van der Waals surface area (Å²) in [7, 11) is 0. The van der Waals surface area contributed by atoms with Gasteiger partial charge >= 0.3 is 0 Å². The summed E-state index contributed by atoms with van der Waals surface area (Å²) in [6, 6.07) is 4.52. The molecule has 0 aromatic rings. The molecule has 6 heteroatoms. The monoisotopic (exact) mass is 580 g/mol. The van der Waals surface area contributed by atoms with Gasteiger partial charge < -0.3 is 4.90 Å². The number of carbonyl (C=O) groups is 1. The van der Waals surface area contributed by atoms with Crippen molar-refractivity contribution in [1.29, 1.82) is 0 Å². The van der Waals surface area contributed by atoms with Crippen LogP contribution in [0.3, 0.4) is 0 Å². The Labute approximate surface area is 257 Å². The van der Waals surface area contributed by atoms with Gasteiger partial charge in [-0.05, 0) is 92.5 Å². The molecule has 5 saturated heterocycles. The molecule has 4 atom stereocenters. The van der Waals surface area contributed by atoms with Crippen LogP contribution in [0.1, 0.15) is 128 Å². The average molecular weight is 580 g/mol. The highest BCUT2D eigenvalue weighted by atomic mass is 16.2. The minimum atomic E-state index is 0.369. The number of likely N-dealkylation sites (tertiary alicyclic amines) is 1. The van der Waals surface area contributed by atoms with E-state index >= 15 is 0 Å². The van der Waals surface area contributed by atoms with E-state index in [1.54, 1.807) is 0 Å². The molecule has 5 heterocycles. The van der Waals surface area contributed by atoms with Crippen molar-refractivity contribution in [2.75, 3.05) is 52.4 Å². The van der Waals surface area contributed by atoms with Gasteiger partial charge in [-0.15, -0.1) is 0 Å². The summed E-state index contributed by atoms with van der Waals surface area (Å²) in [5.41, 5.74) is 0. The lowest BCUT2D eigenvalue weighted by Crippen LogP contribution is -2.53. The average Bonchev–Trinajstić information content (AvgIpc) is 3.81. The fraction of sp³-hybridized carbons (Fsp3) is 0.971. The van der Waals surface area contributed by atoms with E-state index in [4.69, 9.17) is 0 Å². The molecule has 6 nitrogen and oxygen atoms in total. The number of nitrogens with zero attached hydrogens (tertiary/aromatic N) is 5. The summed E-state index contributed by atoms with van der Waals surface area (Å²) in [4.78, 5) is 23.9. The number of amides is 1. The molecule has 0 N–H and O–H groups in total. The van der Waals surface area contributed by atoms with Crippen LogP contribution in [0.4, 0.5) is 0 Å². The highest BCUT2D eigenvalue weighted by Crippen LogP contribution is 2.38. The van der Waals surface area contributed by atoms with E-state index in [2.05, 4.69) is 66.0 Å². The molecule has 1 aliphatic carbocycles. The zero-order valence-electron chi connectivity index (χ0n) is 29.8. The molecule has 1 saturated carbocycles. The summed E-state index contributed by atoms with van der Waals surface area (Å²) in [5.74, 6) is 1.43. The van der Waals surface area contributed by atoms with Crippen LogP contribution in [-0.4, -0.2) is 119 Å². The lowest BCUT2D eigenvalue weighted by molar-refractivity contribution is -0.130. The molecule has 0 aromatic carbocycles. The maximum atomic E-state index is 11.4. The molecular formula is C35H73N5O. The zero-order chi connectivity index (χ0) is 31.1. The molecule has 5 aliphatic heterocycles. The van der Waals surface area contributed by atoms with Gasteiger partial charge in [0.1, 0.15) is 0 Å². The second kappa shape index (κ2) is 20.3. The summed E-state index contributed by atoms with van der Waals surface area (Å²) in [5, 5.41) is 0. The first kappa shape index (κ1) is 38.3. The molecule has 2 bridgehead atoms. The van der Waals surface area contributed by atoms with E-state index in [-0.39, 0.29) is 0 Å². The number of rotatable bonds is 3. The van der Waals surface area contributed by atoms with E-state index < -0.39 is 0 Å². The van der Waals surface area contributed by atoms with Gasteiger partial charge in [-0.25, -0.2) is 0 Å². The Hall–Kier alpha value is -0.690. The molecule has 244 valence electrons. The third kappa shape index (κ3) is 11.4. The van der Waals surface area contributed by atoms with Gasteiger partial charge in [0, 0.05) is 88.5 Å². The molecule has 6 rings (SSSR count). The predicted octanol–water partition coefficient (Wildman–Crippen LogP) is 6.83. The molecule has 41 heavy (non-hydrogen) atoms. The van der Waals surface area contributed by atoms with Gasteiger partial charge in [-0.1, -0.05) is 41.5 Å². The summed E-state index contributed by atoms with van der Waals surface area (Å²) >= 11 is 0. The van der Waals surface area contributed by atoms with E-state index in [0.717, 1.165) is 62.6 Å². The topological polar surface area (TPSA) is 33.3 Å². The molecule has 6 fully saturated rings. The van der Waals surface area contributed by atoms with Crippen LogP contribution in [0, 0.1) is 5.92 Å². The summed E-state index contributed by atoms with van der Waals surface area (Å²) in [6.07, 6.45) is 9.19. The summed E-state index contributed by atoms with van der Waals surface area (Å²) < 4.78 is 0. The fourth-order valence-electron chi connectivity index (χ4n) is 7.44. The van der Waals surface area contributed by atoms with E-state index in [0.29, 0.717) is 18.0 Å². The Balaban J connectivity index is 0.000000283. The van der Waals surface area contributed by atoms with Crippen molar-refractivity contribution in [3.8, 4) is 0 Å². The van der Waals surface area contributed by atoms with Gasteiger partial charge in [0.25, 0.3) is 0 Å². The van der Waals surface area contributed by atoms with Crippen LogP contribution in [0.15, 0.2) is 0 Å². The quantitative estimate of drug-likeness (QED) is 0.366. The zero-order valence-corrected chi connectivity index (χ0v) is 29.8.